The molecule has 0 saturated carbocycles. The van der Waals surface area contributed by atoms with Crippen molar-refractivity contribution in [2.75, 3.05) is 5.32 Å². The second kappa shape index (κ2) is 8.36. The molecule has 2 aromatic carbocycles. The fraction of sp³-hybridized carbons (Fsp3) is 0.0588. The summed E-state index contributed by atoms with van der Waals surface area (Å²) in [5.74, 6) is -0.455. The SMILES string of the molecule is Cc1c(Cl)cccc1NC(=S)NC(=O)C=Cc1cccc([N+](=O)[O-])c1. The first-order valence-electron chi connectivity index (χ1n) is 7.16. The Balaban J connectivity index is 1.97. The molecule has 0 spiro atoms. The van der Waals surface area contributed by atoms with Crippen molar-refractivity contribution in [3.8, 4) is 0 Å². The number of carbonyl (C=O) groups is 1. The molecule has 2 rings (SSSR count). The van der Waals surface area contributed by atoms with E-state index in [0.29, 0.717) is 16.3 Å². The predicted octanol–water partition coefficient (Wildman–Crippen LogP) is 4.08. The quantitative estimate of drug-likeness (QED) is 0.364. The van der Waals surface area contributed by atoms with E-state index in [4.69, 9.17) is 23.8 Å². The van der Waals surface area contributed by atoms with Crippen molar-refractivity contribution in [2.45, 2.75) is 6.92 Å². The lowest BCUT2D eigenvalue weighted by Gasteiger charge is -2.11. The Morgan fingerprint density at radius 2 is 2.00 bits per heavy atom. The van der Waals surface area contributed by atoms with Crippen LogP contribution in [0.3, 0.4) is 0 Å². The fourth-order valence-electron chi connectivity index (χ4n) is 1.96. The van der Waals surface area contributed by atoms with Gasteiger partial charge in [-0.2, -0.15) is 0 Å². The van der Waals surface area contributed by atoms with Crippen LogP contribution in [0.25, 0.3) is 6.08 Å². The molecule has 2 aromatic rings. The zero-order valence-corrected chi connectivity index (χ0v) is 14.7. The molecule has 0 bridgehead atoms. The monoisotopic (exact) mass is 375 g/mol. The summed E-state index contributed by atoms with van der Waals surface area (Å²) < 4.78 is 0. The second-order valence-corrected chi connectivity index (χ2v) is 5.86. The van der Waals surface area contributed by atoms with E-state index in [0.717, 1.165) is 5.56 Å². The van der Waals surface area contributed by atoms with Crippen molar-refractivity contribution >= 4 is 52.3 Å². The van der Waals surface area contributed by atoms with Crippen LogP contribution in [0.15, 0.2) is 48.5 Å². The Morgan fingerprint density at radius 1 is 1.28 bits per heavy atom. The number of non-ortho nitro benzene ring substituents is 1. The highest BCUT2D eigenvalue weighted by molar-refractivity contribution is 7.80. The number of rotatable bonds is 4. The van der Waals surface area contributed by atoms with Crippen LogP contribution >= 0.6 is 23.8 Å². The number of hydrogen-bond acceptors (Lipinski definition) is 4. The summed E-state index contributed by atoms with van der Waals surface area (Å²) in [5, 5.41) is 16.8. The minimum atomic E-state index is -0.496. The molecule has 0 fully saturated rings. The number of nitro benzene ring substituents is 1. The summed E-state index contributed by atoms with van der Waals surface area (Å²) in [6.07, 6.45) is 2.72. The maximum atomic E-state index is 11.9. The van der Waals surface area contributed by atoms with E-state index < -0.39 is 10.8 Å². The number of amides is 1. The van der Waals surface area contributed by atoms with E-state index >= 15 is 0 Å². The first-order valence-corrected chi connectivity index (χ1v) is 7.95. The largest absolute Gasteiger partial charge is 0.332 e. The summed E-state index contributed by atoms with van der Waals surface area (Å²) in [7, 11) is 0. The zero-order chi connectivity index (χ0) is 18.4. The zero-order valence-electron chi connectivity index (χ0n) is 13.2. The van der Waals surface area contributed by atoms with Crippen LogP contribution < -0.4 is 10.6 Å². The van der Waals surface area contributed by atoms with Crippen LogP contribution in [0.2, 0.25) is 5.02 Å². The molecule has 0 unspecified atom stereocenters. The van der Waals surface area contributed by atoms with Crippen LogP contribution in [-0.2, 0) is 4.79 Å². The van der Waals surface area contributed by atoms with E-state index in [2.05, 4.69) is 10.6 Å². The molecule has 0 aliphatic rings. The summed E-state index contributed by atoms with van der Waals surface area (Å²) in [5.41, 5.74) is 2.00. The van der Waals surface area contributed by atoms with Crippen molar-refractivity contribution in [3.63, 3.8) is 0 Å². The van der Waals surface area contributed by atoms with Crippen molar-refractivity contribution in [3.05, 3.63) is 74.8 Å². The smallest absolute Gasteiger partial charge is 0.270 e. The topological polar surface area (TPSA) is 84.3 Å². The third-order valence-corrected chi connectivity index (χ3v) is 3.87. The molecular weight excluding hydrogens is 362 g/mol. The van der Waals surface area contributed by atoms with E-state index in [1.807, 2.05) is 6.92 Å². The highest BCUT2D eigenvalue weighted by Gasteiger charge is 2.07. The van der Waals surface area contributed by atoms with Crippen molar-refractivity contribution in [1.82, 2.24) is 5.32 Å². The minimum absolute atomic E-state index is 0.0452. The Bertz CT molecular complexity index is 868. The Morgan fingerprint density at radius 3 is 2.72 bits per heavy atom. The highest BCUT2D eigenvalue weighted by atomic mass is 35.5. The number of thiocarbonyl (C=S) groups is 1. The standard InChI is InChI=1S/C17H14ClN3O3S/c1-11-14(18)6-3-7-15(11)19-17(25)20-16(22)9-8-12-4-2-5-13(10-12)21(23)24/h2-10H,1H3,(H2,19,20,22,25). The van der Waals surface area contributed by atoms with E-state index in [1.165, 1.54) is 24.3 Å². The number of hydrogen-bond donors (Lipinski definition) is 2. The number of carbonyl (C=O) groups excluding carboxylic acids is 1. The van der Waals surface area contributed by atoms with Crippen LogP contribution in [-0.4, -0.2) is 15.9 Å². The molecule has 0 aliphatic heterocycles. The molecule has 0 radical (unpaired) electrons. The van der Waals surface area contributed by atoms with Crippen molar-refractivity contribution < 1.29 is 9.72 Å². The van der Waals surface area contributed by atoms with Crippen LogP contribution in [0.4, 0.5) is 11.4 Å². The first kappa shape index (κ1) is 18.6. The van der Waals surface area contributed by atoms with Gasteiger partial charge in [-0.15, -0.1) is 0 Å². The maximum Gasteiger partial charge on any atom is 0.270 e. The van der Waals surface area contributed by atoms with Gasteiger partial charge in [0.15, 0.2) is 5.11 Å². The van der Waals surface area contributed by atoms with Gasteiger partial charge in [-0.3, -0.25) is 20.2 Å². The second-order valence-electron chi connectivity index (χ2n) is 5.04. The average Bonchev–Trinajstić information content (AvgIpc) is 2.57. The number of anilines is 1. The molecule has 0 heterocycles. The molecular formula is C17H14ClN3O3S. The molecule has 0 aliphatic carbocycles. The minimum Gasteiger partial charge on any atom is -0.332 e. The number of benzene rings is 2. The third-order valence-electron chi connectivity index (χ3n) is 3.26. The summed E-state index contributed by atoms with van der Waals surface area (Å²) in [6.45, 7) is 1.83. The molecule has 128 valence electrons. The van der Waals surface area contributed by atoms with Gasteiger partial charge in [0.2, 0.25) is 5.91 Å². The number of halogens is 1. The first-order chi connectivity index (χ1) is 11.9. The van der Waals surface area contributed by atoms with E-state index in [-0.39, 0.29) is 10.8 Å². The summed E-state index contributed by atoms with van der Waals surface area (Å²) in [6, 6.07) is 11.3. The van der Waals surface area contributed by atoms with Crippen LogP contribution in [0, 0.1) is 17.0 Å². The highest BCUT2D eigenvalue weighted by Crippen LogP contribution is 2.22. The maximum absolute atomic E-state index is 11.9. The van der Waals surface area contributed by atoms with Gasteiger partial charge in [0, 0.05) is 28.9 Å². The predicted molar refractivity (Wildman–Crippen MR) is 103 cm³/mol. The summed E-state index contributed by atoms with van der Waals surface area (Å²) >= 11 is 11.1. The van der Waals surface area contributed by atoms with Gasteiger partial charge >= 0.3 is 0 Å². The Hall–Kier alpha value is -2.77. The lowest BCUT2D eigenvalue weighted by atomic mass is 10.2. The molecule has 6 nitrogen and oxygen atoms in total. The Labute approximate surface area is 154 Å². The van der Waals surface area contributed by atoms with Crippen molar-refractivity contribution in [1.29, 1.82) is 0 Å². The van der Waals surface area contributed by atoms with Gasteiger partial charge in [0.05, 0.1) is 4.92 Å². The lowest BCUT2D eigenvalue weighted by Crippen LogP contribution is -2.33. The van der Waals surface area contributed by atoms with Gasteiger partial charge in [-0.1, -0.05) is 29.8 Å². The molecule has 0 saturated heterocycles. The number of nitro groups is 1. The van der Waals surface area contributed by atoms with Gasteiger partial charge in [0.25, 0.3) is 5.69 Å². The summed E-state index contributed by atoms with van der Waals surface area (Å²) in [4.78, 5) is 22.1. The fourth-order valence-corrected chi connectivity index (χ4v) is 2.35. The van der Waals surface area contributed by atoms with Crippen LogP contribution in [0.1, 0.15) is 11.1 Å². The average molecular weight is 376 g/mol. The third kappa shape index (κ3) is 5.37. The number of nitrogens with zero attached hydrogens (tertiary/aromatic N) is 1. The number of nitrogens with one attached hydrogen (secondary N) is 2. The normalized spacial score (nSPS) is 10.5. The molecule has 8 heteroatoms. The molecule has 0 atom stereocenters. The van der Waals surface area contributed by atoms with Crippen molar-refractivity contribution in [2.24, 2.45) is 0 Å². The van der Waals surface area contributed by atoms with E-state index in [9.17, 15) is 14.9 Å². The molecule has 2 N–H and O–H groups in total. The lowest BCUT2D eigenvalue weighted by molar-refractivity contribution is -0.384. The molecule has 25 heavy (non-hydrogen) atoms. The van der Waals surface area contributed by atoms with Crippen LogP contribution in [0.5, 0.6) is 0 Å². The molecule has 0 aromatic heterocycles. The van der Waals surface area contributed by atoms with Gasteiger partial charge in [-0.05, 0) is 48.5 Å². The van der Waals surface area contributed by atoms with Gasteiger partial charge < -0.3 is 5.32 Å². The molecule has 1 amide bonds. The van der Waals surface area contributed by atoms with Gasteiger partial charge in [0.1, 0.15) is 0 Å². The van der Waals surface area contributed by atoms with Gasteiger partial charge in [-0.25, -0.2) is 0 Å². The van der Waals surface area contributed by atoms with E-state index in [1.54, 1.807) is 30.3 Å². The Kier molecular flexibility index (Phi) is 6.21.